The van der Waals surface area contributed by atoms with Crippen LogP contribution in [0.3, 0.4) is 0 Å². The summed E-state index contributed by atoms with van der Waals surface area (Å²) >= 11 is 0. The molecule has 2 aliphatic heterocycles. The summed E-state index contributed by atoms with van der Waals surface area (Å²) in [6, 6.07) is 5.88. The summed E-state index contributed by atoms with van der Waals surface area (Å²) in [5.41, 5.74) is 5.87. The lowest BCUT2D eigenvalue weighted by molar-refractivity contribution is 0.0740. The molecule has 1 atom stereocenters. The molecule has 2 fully saturated rings. The number of aryl methyl sites for hydroxylation is 1. The number of carbonyl (C=O) groups is 1. The summed E-state index contributed by atoms with van der Waals surface area (Å²) < 4.78 is 25.0. The summed E-state index contributed by atoms with van der Waals surface area (Å²) in [5, 5.41) is 3.95. The van der Waals surface area contributed by atoms with Gasteiger partial charge in [-0.3, -0.25) is 4.79 Å². The van der Waals surface area contributed by atoms with E-state index in [1.807, 2.05) is 30.0 Å². The highest BCUT2D eigenvalue weighted by Crippen LogP contribution is 2.28. The number of anilines is 1. The molecule has 8 nitrogen and oxygen atoms in total. The average Bonchev–Trinajstić information content (AvgIpc) is 3.52. The van der Waals surface area contributed by atoms with Crippen molar-refractivity contribution in [3.05, 3.63) is 35.2 Å². The minimum atomic E-state index is -1.63. The molecule has 3 heterocycles. The number of rotatable bonds is 9. The second-order valence-electron chi connectivity index (χ2n) is 10.3. The Balaban J connectivity index is 1.19. The molecule has 2 aliphatic rings. The summed E-state index contributed by atoms with van der Waals surface area (Å²) in [7, 11) is 0. The molecule has 0 spiro atoms. The molecule has 9 heteroatoms. The van der Waals surface area contributed by atoms with Gasteiger partial charge in [0.2, 0.25) is 0 Å². The first-order chi connectivity index (χ1) is 16.8. The molecular weight excluding hydrogens is 449 g/mol. The van der Waals surface area contributed by atoms with Gasteiger partial charge < -0.3 is 24.8 Å². The van der Waals surface area contributed by atoms with Crippen molar-refractivity contribution in [3.8, 4) is 5.75 Å². The maximum Gasteiger partial charge on any atom is 0.266 e. The number of hydrogen-bond donors (Lipinski definition) is 1. The van der Waals surface area contributed by atoms with E-state index in [0.717, 1.165) is 75.0 Å². The minimum Gasteiger partial charge on any atom is -0.494 e. The molecule has 2 saturated heterocycles. The van der Waals surface area contributed by atoms with Crippen molar-refractivity contribution < 1.29 is 18.4 Å². The molecule has 0 bridgehead atoms. The predicted octanol–water partition coefficient (Wildman–Crippen LogP) is 4.22. The fraction of sp³-hybridized carbons (Fsp3) is 0.654. The van der Waals surface area contributed by atoms with E-state index >= 15 is 0 Å². The maximum atomic E-state index is 14.0. The van der Waals surface area contributed by atoms with Gasteiger partial charge in [-0.1, -0.05) is 0 Å². The zero-order valence-electron chi connectivity index (χ0n) is 21.1. The van der Waals surface area contributed by atoms with Gasteiger partial charge in [-0.05, 0) is 94.1 Å². The molecule has 35 heavy (non-hydrogen) atoms. The number of aromatic nitrogens is 2. The van der Waals surface area contributed by atoms with E-state index in [1.54, 1.807) is 0 Å². The van der Waals surface area contributed by atoms with E-state index in [4.69, 9.17) is 15.0 Å². The Kier molecular flexibility index (Phi) is 7.94. The van der Waals surface area contributed by atoms with Crippen LogP contribution < -0.4 is 15.4 Å². The van der Waals surface area contributed by atoms with Crippen molar-refractivity contribution in [2.45, 2.75) is 71.0 Å². The van der Waals surface area contributed by atoms with Crippen LogP contribution in [0.2, 0.25) is 0 Å². The maximum absolute atomic E-state index is 14.0. The Hall–Kier alpha value is -2.68. The van der Waals surface area contributed by atoms with Gasteiger partial charge in [0.1, 0.15) is 5.75 Å². The molecule has 0 unspecified atom stereocenters. The van der Waals surface area contributed by atoms with Crippen molar-refractivity contribution in [2.24, 2.45) is 11.7 Å². The van der Waals surface area contributed by atoms with Crippen LogP contribution in [0.1, 0.15) is 74.2 Å². The van der Waals surface area contributed by atoms with Gasteiger partial charge in [0.05, 0.1) is 6.61 Å². The van der Waals surface area contributed by atoms with Gasteiger partial charge in [-0.25, -0.2) is 4.39 Å². The zero-order chi connectivity index (χ0) is 25.0. The lowest BCUT2D eigenvalue weighted by Gasteiger charge is -2.30. The zero-order valence-corrected chi connectivity index (χ0v) is 21.1. The number of hydrogen-bond acceptors (Lipinski definition) is 7. The minimum absolute atomic E-state index is 0.0233. The second kappa shape index (κ2) is 10.9. The van der Waals surface area contributed by atoms with E-state index in [0.29, 0.717) is 25.0 Å². The van der Waals surface area contributed by atoms with Gasteiger partial charge in [-0.15, -0.1) is 0 Å². The van der Waals surface area contributed by atoms with E-state index in [1.165, 1.54) is 13.8 Å². The van der Waals surface area contributed by atoms with E-state index < -0.39 is 5.67 Å². The number of piperidine rings is 1. The summed E-state index contributed by atoms with van der Waals surface area (Å²) in [5.74, 6) is 1.99. The Morgan fingerprint density at radius 1 is 1.26 bits per heavy atom. The number of alkyl halides is 1. The number of nitrogens with two attached hydrogens (primary N) is 1. The monoisotopic (exact) mass is 487 g/mol. The average molecular weight is 488 g/mol. The van der Waals surface area contributed by atoms with Crippen LogP contribution in [-0.2, 0) is 5.67 Å². The standard InChI is InChI=1S/C26H38FN5O3/c1-18-16-21(8-9-22(18)23(33)32-12-4-7-20(32)17-28)34-15-5-6-19-10-13-31(14-11-19)25-29-24(35-30-25)26(2,3)27/h8-9,16,19-20H,4-7,10-15,17,28H2,1-3H3/t20-/m0/s1. The normalized spacial score (nSPS) is 19.4. The quantitative estimate of drug-likeness (QED) is 0.529. The molecule has 2 N–H and O–H groups in total. The van der Waals surface area contributed by atoms with E-state index in [2.05, 4.69) is 15.0 Å². The SMILES string of the molecule is Cc1cc(OCCCC2CCN(c3noc(C(C)(C)F)n3)CC2)ccc1C(=O)N1CCC[C@H]1CN. The highest BCUT2D eigenvalue weighted by molar-refractivity contribution is 5.96. The van der Waals surface area contributed by atoms with Gasteiger partial charge in [0.25, 0.3) is 17.7 Å². The summed E-state index contributed by atoms with van der Waals surface area (Å²) in [6.07, 6.45) is 6.14. The van der Waals surface area contributed by atoms with E-state index in [-0.39, 0.29) is 17.8 Å². The number of likely N-dealkylation sites (tertiary alicyclic amines) is 1. The molecule has 1 aromatic heterocycles. The fourth-order valence-corrected chi connectivity index (χ4v) is 5.04. The molecule has 192 valence electrons. The Labute approximate surface area is 207 Å². The smallest absolute Gasteiger partial charge is 0.266 e. The third-order valence-corrected chi connectivity index (χ3v) is 7.19. The van der Waals surface area contributed by atoms with Gasteiger partial charge >= 0.3 is 0 Å². The third kappa shape index (κ3) is 6.12. The Morgan fingerprint density at radius 2 is 2.03 bits per heavy atom. The highest BCUT2D eigenvalue weighted by atomic mass is 19.1. The van der Waals surface area contributed by atoms with Crippen molar-refractivity contribution in [2.75, 3.05) is 37.7 Å². The summed E-state index contributed by atoms with van der Waals surface area (Å²) in [4.78, 5) is 21.1. The van der Waals surface area contributed by atoms with Crippen LogP contribution in [0.4, 0.5) is 10.3 Å². The first kappa shape index (κ1) is 25.4. The molecule has 0 saturated carbocycles. The first-order valence-corrected chi connectivity index (χ1v) is 12.8. The van der Waals surface area contributed by atoms with Crippen LogP contribution in [0.25, 0.3) is 0 Å². The topological polar surface area (TPSA) is 97.7 Å². The lowest BCUT2D eigenvalue weighted by atomic mass is 9.92. The second-order valence-corrected chi connectivity index (χ2v) is 10.3. The fourth-order valence-electron chi connectivity index (χ4n) is 5.04. The molecular formula is C26H38FN5O3. The number of benzene rings is 1. The Bertz CT molecular complexity index is 997. The third-order valence-electron chi connectivity index (χ3n) is 7.19. The van der Waals surface area contributed by atoms with Crippen LogP contribution in [-0.4, -0.2) is 59.8 Å². The van der Waals surface area contributed by atoms with Gasteiger partial charge in [0, 0.05) is 37.8 Å². The number of ether oxygens (including phenoxy) is 1. The number of nitrogens with zero attached hydrogens (tertiary/aromatic N) is 4. The van der Waals surface area contributed by atoms with Crippen LogP contribution >= 0.6 is 0 Å². The van der Waals surface area contributed by atoms with Crippen molar-refractivity contribution >= 4 is 11.9 Å². The van der Waals surface area contributed by atoms with E-state index in [9.17, 15) is 9.18 Å². The molecule has 4 rings (SSSR count). The van der Waals surface area contributed by atoms with Gasteiger partial charge in [-0.2, -0.15) is 4.98 Å². The lowest BCUT2D eigenvalue weighted by Crippen LogP contribution is -2.40. The van der Waals surface area contributed by atoms with Crippen LogP contribution in [0.15, 0.2) is 22.7 Å². The summed E-state index contributed by atoms with van der Waals surface area (Å²) in [6.45, 7) is 8.42. The Morgan fingerprint density at radius 3 is 2.69 bits per heavy atom. The molecule has 1 aromatic carbocycles. The van der Waals surface area contributed by atoms with Crippen molar-refractivity contribution in [1.29, 1.82) is 0 Å². The predicted molar refractivity (Wildman–Crippen MR) is 132 cm³/mol. The number of amides is 1. The number of carbonyl (C=O) groups excluding carboxylic acids is 1. The number of halogens is 1. The first-order valence-electron chi connectivity index (χ1n) is 12.8. The highest BCUT2D eigenvalue weighted by Gasteiger charge is 2.30. The van der Waals surface area contributed by atoms with Crippen molar-refractivity contribution in [1.82, 2.24) is 15.0 Å². The van der Waals surface area contributed by atoms with Gasteiger partial charge in [0.15, 0.2) is 5.67 Å². The molecule has 0 aliphatic carbocycles. The van der Waals surface area contributed by atoms with Crippen LogP contribution in [0, 0.1) is 12.8 Å². The van der Waals surface area contributed by atoms with Crippen molar-refractivity contribution in [3.63, 3.8) is 0 Å². The largest absolute Gasteiger partial charge is 0.494 e. The molecule has 2 aromatic rings. The molecule has 1 amide bonds. The van der Waals surface area contributed by atoms with Crippen LogP contribution in [0.5, 0.6) is 5.75 Å². The molecule has 0 radical (unpaired) electrons.